The summed E-state index contributed by atoms with van der Waals surface area (Å²) >= 11 is 0. The van der Waals surface area contributed by atoms with Crippen LogP contribution in [0.3, 0.4) is 0 Å². The lowest BCUT2D eigenvalue weighted by Crippen LogP contribution is -2.41. The Kier molecular flexibility index (Phi) is 7.20. The van der Waals surface area contributed by atoms with Gasteiger partial charge in [0.05, 0.1) is 7.11 Å². The fourth-order valence-corrected chi connectivity index (χ4v) is 1.58. The zero-order valence-corrected chi connectivity index (χ0v) is 12.3. The molecule has 0 saturated carbocycles. The molecule has 0 aliphatic rings. The highest BCUT2D eigenvalue weighted by Crippen LogP contribution is 2.26. The molecule has 4 N–H and O–H groups in total. The van der Waals surface area contributed by atoms with E-state index >= 15 is 0 Å². The number of aromatic hydroxyl groups is 1. The van der Waals surface area contributed by atoms with E-state index in [9.17, 15) is 24.9 Å². The molecule has 126 valence electrons. The van der Waals surface area contributed by atoms with Gasteiger partial charge in [-0.15, -0.1) is 0 Å². The van der Waals surface area contributed by atoms with Gasteiger partial charge >= 0.3 is 5.97 Å². The number of aliphatic hydroxyl groups is 3. The summed E-state index contributed by atoms with van der Waals surface area (Å²) in [5.41, 5.74) is 0.563. The van der Waals surface area contributed by atoms with Crippen LogP contribution in [0.2, 0.25) is 0 Å². The average Bonchev–Trinajstić information content (AvgIpc) is 2.57. The fraction of sp³-hybridized carbons (Fsp3) is 0.333. The van der Waals surface area contributed by atoms with Gasteiger partial charge in [-0.3, -0.25) is 0 Å². The Morgan fingerprint density at radius 1 is 1.30 bits per heavy atom. The van der Waals surface area contributed by atoms with E-state index < -0.39 is 30.9 Å². The zero-order valence-electron chi connectivity index (χ0n) is 12.3. The first-order chi connectivity index (χ1) is 10.9. The van der Waals surface area contributed by atoms with Gasteiger partial charge in [0.2, 0.25) is 0 Å². The Bertz CT molecular complexity index is 569. The van der Waals surface area contributed by atoms with Crippen LogP contribution in [0.4, 0.5) is 0 Å². The second kappa shape index (κ2) is 8.89. The zero-order chi connectivity index (χ0) is 17.4. The molecule has 0 bridgehead atoms. The molecule has 23 heavy (non-hydrogen) atoms. The molecule has 0 aliphatic carbocycles. The monoisotopic (exact) mass is 326 g/mol. The van der Waals surface area contributed by atoms with Crippen molar-refractivity contribution in [3.05, 3.63) is 29.8 Å². The van der Waals surface area contributed by atoms with Crippen molar-refractivity contribution in [2.24, 2.45) is 0 Å². The highest BCUT2D eigenvalue weighted by atomic mass is 16.5. The molecule has 1 rings (SSSR count). The van der Waals surface area contributed by atoms with Crippen molar-refractivity contribution in [3.8, 4) is 11.5 Å². The number of phenolic OH excluding ortho intramolecular Hbond substituents is 1. The van der Waals surface area contributed by atoms with E-state index in [0.717, 1.165) is 6.08 Å². The highest BCUT2D eigenvalue weighted by Gasteiger charge is 2.25. The van der Waals surface area contributed by atoms with Crippen LogP contribution >= 0.6 is 0 Å². The maximum absolute atomic E-state index is 11.5. The lowest BCUT2D eigenvalue weighted by Gasteiger charge is -2.18. The van der Waals surface area contributed by atoms with Crippen LogP contribution in [-0.4, -0.2) is 64.7 Å². The molecule has 0 unspecified atom stereocenters. The predicted octanol–water partition coefficient (Wildman–Crippen LogP) is -0.761. The number of ether oxygens (including phenoxy) is 2. The van der Waals surface area contributed by atoms with Gasteiger partial charge in [-0.05, 0) is 23.8 Å². The molecule has 0 amide bonds. The summed E-state index contributed by atoms with van der Waals surface area (Å²) in [5, 5.41) is 37.2. The molecule has 8 heteroatoms. The van der Waals surface area contributed by atoms with Gasteiger partial charge in [-0.25, -0.2) is 4.79 Å². The predicted molar refractivity (Wildman–Crippen MR) is 78.7 cm³/mol. The van der Waals surface area contributed by atoms with Crippen LogP contribution in [0.1, 0.15) is 5.56 Å². The summed E-state index contributed by atoms with van der Waals surface area (Å²) in [6.45, 7) is -0.589. The first-order valence-corrected chi connectivity index (χ1v) is 6.60. The summed E-state index contributed by atoms with van der Waals surface area (Å²) in [6, 6.07) is 4.43. The summed E-state index contributed by atoms with van der Waals surface area (Å²) in [4.78, 5) is 21.7. The number of carbonyl (C=O) groups excluding carboxylic acids is 2. The van der Waals surface area contributed by atoms with Crippen LogP contribution < -0.4 is 4.74 Å². The summed E-state index contributed by atoms with van der Waals surface area (Å²) < 4.78 is 9.60. The molecule has 0 radical (unpaired) electrons. The van der Waals surface area contributed by atoms with Crippen molar-refractivity contribution in [3.63, 3.8) is 0 Å². The molecule has 3 atom stereocenters. The molecule has 0 aliphatic heterocycles. The quantitative estimate of drug-likeness (QED) is 0.278. The molecule has 8 nitrogen and oxygen atoms in total. The largest absolute Gasteiger partial charge is 0.504 e. The van der Waals surface area contributed by atoms with Crippen molar-refractivity contribution in [2.45, 2.75) is 18.3 Å². The first kappa shape index (κ1) is 18.6. The molecule has 0 heterocycles. The normalized spacial score (nSPS) is 15.0. The Morgan fingerprint density at radius 2 is 2.00 bits per heavy atom. The van der Waals surface area contributed by atoms with Gasteiger partial charge in [0.25, 0.3) is 0 Å². The Balaban J connectivity index is 2.55. The smallest absolute Gasteiger partial charge is 0.330 e. The number of methoxy groups -OCH3 is 1. The Labute approximate surface area is 132 Å². The van der Waals surface area contributed by atoms with Crippen LogP contribution in [0.5, 0.6) is 11.5 Å². The molecule has 0 fully saturated rings. The van der Waals surface area contributed by atoms with Gasteiger partial charge in [0.15, 0.2) is 17.8 Å². The standard InChI is InChI=1S/C15H18O8/c1-22-13-6-9(2-4-10(13)17)3-5-14(20)23-8-12(19)15(21)11(18)7-16/h2-7,11-12,15,17-19,21H,8H2,1H3/b5-3+/t11-,12-,15+/m1/s1. The van der Waals surface area contributed by atoms with Crippen LogP contribution in [0, 0.1) is 0 Å². The van der Waals surface area contributed by atoms with E-state index in [1.807, 2.05) is 0 Å². The summed E-state index contributed by atoms with van der Waals surface area (Å²) in [5.74, 6) is -0.608. The van der Waals surface area contributed by atoms with Crippen molar-refractivity contribution in [1.29, 1.82) is 0 Å². The Hall–Kier alpha value is -2.42. The molecular weight excluding hydrogens is 308 g/mol. The van der Waals surface area contributed by atoms with E-state index in [1.165, 1.54) is 25.3 Å². The molecular formula is C15H18O8. The molecule has 1 aromatic rings. The topological polar surface area (TPSA) is 134 Å². The number of carbonyl (C=O) groups is 2. The van der Waals surface area contributed by atoms with E-state index in [2.05, 4.69) is 4.74 Å². The minimum atomic E-state index is -1.76. The number of esters is 1. The maximum Gasteiger partial charge on any atom is 0.330 e. The first-order valence-electron chi connectivity index (χ1n) is 6.60. The number of aldehydes is 1. The van der Waals surface area contributed by atoms with Crippen molar-refractivity contribution >= 4 is 18.3 Å². The third-order valence-electron chi connectivity index (χ3n) is 2.90. The van der Waals surface area contributed by atoms with Gasteiger partial charge in [-0.1, -0.05) is 6.07 Å². The van der Waals surface area contributed by atoms with E-state index in [1.54, 1.807) is 6.07 Å². The van der Waals surface area contributed by atoms with Gasteiger partial charge in [0.1, 0.15) is 24.9 Å². The molecule has 0 aromatic heterocycles. The van der Waals surface area contributed by atoms with Gasteiger partial charge < -0.3 is 34.7 Å². The van der Waals surface area contributed by atoms with Crippen molar-refractivity contribution < 1.29 is 39.5 Å². The van der Waals surface area contributed by atoms with Crippen molar-refractivity contribution in [1.82, 2.24) is 0 Å². The summed E-state index contributed by atoms with van der Waals surface area (Å²) in [6.07, 6.45) is -2.57. The Morgan fingerprint density at radius 3 is 2.61 bits per heavy atom. The third-order valence-corrected chi connectivity index (χ3v) is 2.90. The second-order valence-electron chi connectivity index (χ2n) is 4.58. The lowest BCUT2D eigenvalue weighted by molar-refractivity contribution is -0.146. The van der Waals surface area contributed by atoms with Crippen LogP contribution in [0.25, 0.3) is 6.08 Å². The average molecular weight is 326 g/mol. The number of hydrogen-bond donors (Lipinski definition) is 4. The lowest BCUT2D eigenvalue weighted by atomic mass is 10.1. The van der Waals surface area contributed by atoms with Crippen LogP contribution in [-0.2, 0) is 14.3 Å². The number of benzene rings is 1. The third kappa shape index (κ3) is 5.70. The van der Waals surface area contributed by atoms with E-state index in [4.69, 9.17) is 9.84 Å². The minimum Gasteiger partial charge on any atom is -0.504 e. The van der Waals surface area contributed by atoms with E-state index in [0.29, 0.717) is 5.56 Å². The van der Waals surface area contributed by atoms with Crippen molar-refractivity contribution in [2.75, 3.05) is 13.7 Å². The van der Waals surface area contributed by atoms with Crippen LogP contribution in [0.15, 0.2) is 24.3 Å². The second-order valence-corrected chi connectivity index (χ2v) is 4.58. The molecule has 1 aromatic carbocycles. The fourth-order valence-electron chi connectivity index (χ4n) is 1.58. The van der Waals surface area contributed by atoms with E-state index in [-0.39, 0.29) is 17.8 Å². The number of aliphatic hydroxyl groups excluding tert-OH is 3. The minimum absolute atomic E-state index is 0.0435. The number of phenols is 1. The highest BCUT2D eigenvalue weighted by molar-refractivity contribution is 5.87. The maximum atomic E-state index is 11.5. The number of hydrogen-bond acceptors (Lipinski definition) is 8. The molecule has 0 spiro atoms. The number of rotatable bonds is 8. The SMILES string of the molecule is COc1cc(/C=C/C(=O)OC[C@@H](O)[C@@H](O)[C@H](O)C=O)ccc1O. The molecule has 0 saturated heterocycles. The van der Waals surface area contributed by atoms with Gasteiger partial charge in [0, 0.05) is 6.08 Å². The summed E-state index contributed by atoms with van der Waals surface area (Å²) in [7, 11) is 1.39. The van der Waals surface area contributed by atoms with Gasteiger partial charge in [-0.2, -0.15) is 0 Å².